The molecule has 2 rings (SSSR count). The summed E-state index contributed by atoms with van der Waals surface area (Å²) in [5.41, 5.74) is 1.35. The van der Waals surface area contributed by atoms with Gasteiger partial charge in [0, 0.05) is 24.8 Å². The number of hydrogen-bond acceptors (Lipinski definition) is 2. The number of nitrogens with one attached hydrogen (secondary N) is 1. The van der Waals surface area contributed by atoms with Gasteiger partial charge in [-0.1, -0.05) is 30.2 Å². The fraction of sp³-hybridized carbons (Fsp3) is 0.647. The van der Waals surface area contributed by atoms with Gasteiger partial charge in [-0.05, 0) is 62.3 Å². The maximum atomic E-state index is 6.08. The van der Waals surface area contributed by atoms with Gasteiger partial charge in [0.2, 0.25) is 0 Å². The van der Waals surface area contributed by atoms with E-state index in [0.717, 1.165) is 37.1 Å². The number of methoxy groups -OCH3 is 1. The van der Waals surface area contributed by atoms with Crippen molar-refractivity contribution in [3.63, 3.8) is 0 Å². The first-order valence-electron chi connectivity index (χ1n) is 7.74. The Bertz CT molecular complexity index is 392. The maximum Gasteiger partial charge on any atom is 0.0462 e. The van der Waals surface area contributed by atoms with E-state index in [1.54, 1.807) is 7.11 Å². The highest BCUT2D eigenvalue weighted by molar-refractivity contribution is 6.30. The number of hydrogen-bond donors (Lipinski definition) is 1. The van der Waals surface area contributed by atoms with Crippen LogP contribution in [0.1, 0.15) is 37.7 Å². The lowest BCUT2D eigenvalue weighted by molar-refractivity contribution is 0.190. The van der Waals surface area contributed by atoms with Gasteiger partial charge in [-0.25, -0.2) is 0 Å². The molecule has 0 amide bonds. The quantitative estimate of drug-likeness (QED) is 0.657. The van der Waals surface area contributed by atoms with E-state index in [0.29, 0.717) is 5.92 Å². The SMILES string of the molecule is COCCCCC(CNC1CC1)Cc1cccc(Cl)c1. The fourth-order valence-electron chi connectivity index (χ4n) is 2.57. The standard InChI is InChI=1S/C17H26ClNO/c1-20-10-3-2-5-15(13-19-17-8-9-17)11-14-6-4-7-16(18)12-14/h4,6-7,12,15,17,19H,2-3,5,8-11,13H2,1H3. The molecule has 0 saturated heterocycles. The van der Waals surface area contributed by atoms with Crippen molar-refractivity contribution in [1.29, 1.82) is 0 Å². The maximum absolute atomic E-state index is 6.08. The Morgan fingerprint density at radius 3 is 2.90 bits per heavy atom. The van der Waals surface area contributed by atoms with Crippen LogP contribution < -0.4 is 5.32 Å². The van der Waals surface area contributed by atoms with Crippen LogP contribution in [0.5, 0.6) is 0 Å². The van der Waals surface area contributed by atoms with Crippen molar-refractivity contribution >= 4 is 11.6 Å². The van der Waals surface area contributed by atoms with E-state index in [4.69, 9.17) is 16.3 Å². The highest BCUT2D eigenvalue weighted by Crippen LogP contribution is 2.22. The van der Waals surface area contributed by atoms with Crippen LogP contribution in [0.3, 0.4) is 0 Å². The fourth-order valence-corrected chi connectivity index (χ4v) is 2.79. The first kappa shape index (κ1) is 15.8. The molecule has 1 saturated carbocycles. The summed E-state index contributed by atoms with van der Waals surface area (Å²) in [5, 5.41) is 4.51. The zero-order valence-corrected chi connectivity index (χ0v) is 13.2. The van der Waals surface area contributed by atoms with Gasteiger partial charge in [0.05, 0.1) is 0 Å². The lowest BCUT2D eigenvalue weighted by Crippen LogP contribution is -2.26. The average molecular weight is 296 g/mol. The van der Waals surface area contributed by atoms with Gasteiger partial charge in [0.25, 0.3) is 0 Å². The molecule has 3 heteroatoms. The van der Waals surface area contributed by atoms with E-state index >= 15 is 0 Å². The third-order valence-corrected chi connectivity index (χ3v) is 4.13. The third kappa shape index (κ3) is 6.25. The molecule has 0 radical (unpaired) electrons. The second kappa shape index (κ2) is 8.66. The first-order chi connectivity index (χ1) is 9.78. The summed E-state index contributed by atoms with van der Waals surface area (Å²) < 4.78 is 5.13. The zero-order valence-electron chi connectivity index (χ0n) is 12.4. The van der Waals surface area contributed by atoms with E-state index in [1.165, 1.54) is 31.2 Å². The number of halogens is 1. The Hall–Kier alpha value is -0.570. The highest BCUT2D eigenvalue weighted by atomic mass is 35.5. The number of benzene rings is 1. The molecule has 1 unspecified atom stereocenters. The summed E-state index contributed by atoms with van der Waals surface area (Å²) in [7, 11) is 1.78. The van der Waals surface area contributed by atoms with Crippen molar-refractivity contribution < 1.29 is 4.74 Å². The van der Waals surface area contributed by atoms with E-state index < -0.39 is 0 Å². The first-order valence-corrected chi connectivity index (χ1v) is 8.12. The minimum atomic E-state index is 0.700. The summed E-state index contributed by atoms with van der Waals surface area (Å²) >= 11 is 6.08. The Morgan fingerprint density at radius 1 is 1.35 bits per heavy atom. The molecule has 1 fully saturated rings. The van der Waals surface area contributed by atoms with E-state index in [1.807, 2.05) is 12.1 Å². The Kier molecular flexibility index (Phi) is 6.85. The largest absolute Gasteiger partial charge is 0.385 e. The van der Waals surface area contributed by atoms with Gasteiger partial charge in [-0.2, -0.15) is 0 Å². The van der Waals surface area contributed by atoms with Crippen molar-refractivity contribution in [2.75, 3.05) is 20.3 Å². The number of rotatable bonds is 10. The van der Waals surface area contributed by atoms with E-state index in [2.05, 4.69) is 17.4 Å². The minimum Gasteiger partial charge on any atom is -0.385 e. The van der Waals surface area contributed by atoms with Crippen LogP contribution in [-0.4, -0.2) is 26.3 Å². The van der Waals surface area contributed by atoms with E-state index in [9.17, 15) is 0 Å². The van der Waals surface area contributed by atoms with Gasteiger partial charge in [0.15, 0.2) is 0 Å². The minimum absolute atomic E-state index is 0.700. The van der Waals surface area contributed by atoms with Crippen LogP contribution in [0.4, 0.5) is 0 Å². The lowest BCUT2D eigenvalue weighted by Gasteiger charge is -2.18. The average Bonchev–Trinajstić information content (AvgIpc) is 3.25. The molecular formula is C17H26ClNO. The van der Waals surface area contributed by atoms with Crippen LogP contribution in [0.2, 0.25) is 5.02 Å². The lowest BCUT2D eigenvalue weighted by atomic mass is 9.94. The number of unbranched alkanes of at least 4 members (excludes halogenated alkanes) is 1. The van der Waals surface area contributed by atoms with Crippen molar-refractivity contribution in [3.05, 3.63) is 34.9 Å². The molecule has 112 valence electrons. The smallest absolute Gasteiger partial charge is 0.0462 e. The van der Waals surface area contributed by atoms with Crippen molar-refractivity contribution in [2.45, 2.75) is 44.6 Å². The molecule has 1 aliphatic carbocycles. The van der Waals surface area contributed by atoms with Crippen LogP contribution in [-0.2, 0) is 11.2 Å². The summed E-state index contributed by atoms with van der Waals surface area (Å²) in [6.45, 7) is 2.00. The Balaban J connectivity index is 1.80. The molecule has 0 aliphatic heterocycles. The third-order valence-electron chi connectivity index (χ3n) is 3.90. The Labute approximate surface area is 127 Å². The second-order valence-electron chi connectivity index (χ2n) is 5.87. The predicted molar refractivity (Wildman–Crippen MR) is 85.4 cm³/mol. The van der Waals surface area contributed by atoms with Crippen LogP contribution in [0.25, 0.3) is 0 Å². The Morgan fingerprint density at radius 2 is 2.20 bits per heavy atom. The van der Waals surface area contributed by atoms with Gasteiger partial charge >= 0.3 is 0 Å². The van der Waals surface area contributed by atoms with Crippen molar-refractivity contribution in [3.8, 4) is 0 Å². The van der Waals surface area contributed by atoms with E-state index in [-0.39, 0.29) is 0 Å². The van der Waals surface area contributed by atoms with Crippen molar-refractivity contribution in [2.24, 2.45) is 5.92 Å². The molecule has 1 aromatic carbocycles. The van der Waals surface area contributed by atoms with Gasteiger partial charge in [-0.15, -0.1) is 0 Å². The summed E-state index contributed by atoms with van der Waals surface area (Å²) in [5.74, 6) is 0.700. The van der Waals surface area contributed by atoms with Crippen LogP contribution in [0.15, 0.2) is 24.3 Å². The molecule has 1 aromatic rings. The molecular weight excluding hydrogens is 270 g/mol. The van der Waals surface area contributed by atoms with Gasteiger partial charge < -0.3 is 10.1 Å². The highest BCUT2D eigenvalue weighted by Gasteiger charge is 2.21. The molecule has 2 nitrogen and oxygen atoms in total. The molecule has 1 aliphatic rings. The second-order valence-corrected chi connectivity index (χ2v) is 6.31. The van der Waals surface area contributed by atoms with Gasteiger partial charge in [0.1, 0.15) is 0 Å². The molecule has 0 aromatic heterocycles. The topological polar surface area (TPSA) is 21.3 Å². The molecule has 0 spiro atoms. The molecule has 1 N–H and O–H groups in total. The molecule has 0 bridgehead atoms. The number of ether oxygens (including phenoxy) is 1. The van der Waals surface area contributed by atoms with Crippen molar-refractivity contribution in [1.82, 2.24) is 5.32 Å². The normalized spacial score (nSPS) is 16.3. The summed E-state index contributed by atoms with van der Waals surface area (Å²) in [6.07, 6.45) is 7.49. The summed E-state index contributed by atoms with van der Waals surface area (Å²) in [6, 6.07) is 9.07. The zero-order chi connectivity index (χ0) is 14.2. The predicted octanol–water partition coefficient (Wildman–Crippen LogP) is 4.07. The van der Waals surface area contributed by atoms with Crippen LogP contribution >= 0.6 is 11.6 Å². The van der Waals surface area contributed by atoms with Crippen LogP contribution in [0, 0.1) is 5.92 Å². The van der Waals surface area contributed by atoms with Gasteiger partial charge in [-0.3, -0.25) is 0 Å². The monoisotopic (exact) mass is 295 g/mol. The molecule has 1 atom stereocenters. The molecule has 20 heavy (non-hydrogen) atoms. The molecule has 0 heterocycles. The summed E-state index contributed by atoms with van der Waals surface area (Å²) in [4.78, 5) is 0.